The molecule has 1 aromatic carbocycles. The molecular weight excluding hydrogens is 290 g/mol. The van der Waals surface area contributed by atoms with E-state index in [1.54, 1.807) is 12.1 Å². The first-order valence-corrected chi connectivity index (χ1v) is 6.94. The summed E-state index contributed by atoms with van der Waals surface area (Å²) in [6.07, 6.45) is 0.449. The number of anilines is 1. The molecule has 6 heteroatoms. The molecule has 0 spiro atoms. The Kier molecular flexibility index (Phi) is 4.75. The summed E-state index contributed by atoms with van der Waals surface area (Å²) in [7, 11) is 0. The van der Waals surface area contributed by atoms with Crippen molar-refractivity contribution in [3.05, 3.63) is 52.4 Å². The lowest BCUT2D eigenvalue weighted by Gasteiger charge is -2.11. The Hall–Kier alpha value is -2.14. The first-order valence-electron chi connectivity index (χ1n) is 6.56. The van der Waals surface area contributed by atoms with Gasteiger partial charge in [0.2, 0.25) is 0 Å². The van der Waals surface area contributed by atoms with Crippen molar-refractivity contribution < 1.29 is 9.90 Å². The highest BCUT2D eigenvalue weighted by Gasteiger charge is 2.11. The van der Waals surface area contributed by atoms with E-state index in [0.717, 1.165) is 5.56 Å². The number of hydrogen-bond acceptors (Lipinski definition) is 4. The van der Waals surface area contributed by atoms with Crippen LogP contribution in [0.2, 0.25) is 5.02 Å². The van der Waals surface area contributed by atoms with Gasteiger partial charge in [-0.15, -0.1) is 0 Å². The van der Waals surface area contributed by atoms with Crippen molar-refractivity contribution in [2.45, 2.75) is 26.3 Å². The van der Waals surface area contributed by atoms with E-state index in [-0.39, 0.29) is 11.7 Å². The van der Waals surface area contributed by atoms with E-state index in [4.69, 9.17) is 16.7 Å². The van der Waals surface area contributed by atoms with E-state index >= 15 is 0 Å². The molecule has 2 N–H and O–H groups in total. The highest BCUT2D eigenvalue weighted by molar-refractivity contribution is 6.30. The number of aromatic carboxylic acids is 1. The van der Waals surface area contributed by atoms with Crippen molar-refractivity contribution in [1.82, 2.24) is 9.97 Å². The lowest BCUT2D eigenvalue weighted by molar-refractivity contribution is 0.0690. The highest BCUT2D eigenvalue weighted by atomic mass is 35.5. The Morgan fingerprint density at radius 1 is 1.29 bits per heavy atom. The Balaban J connectivity index is 2.30. The smallest absolute Gasteiger partial charge is 0.354 e. The Morgan fingerprint density at radius 2 is 1.95 bits per heavy atom. The molecule has 2 aromatic rings. The van der Waals surface area contributed by atoms with Crippen LogP contribution in [-0.4, -0.2) is 27.1 Å². The monoisotopic (exact) mass is 305 g/mol. The molecule has 0 bridgehead atoms. The Bertz CT molecular complexity index is 642. The molecule has 21 heavy (non-hydrogen) atoms. The minimum atomic E-state index is -1.07. The predicted octanol–water partition coefficient (Wildman–Crippen LogP) is 3.24. The predicted molar refractivity (Wildman–Crippen MR) is 82.0 cm³/mol. The first kappa shape index (κ1) is 15.3. The molecule has 2 rings (SSSR count). The van der Waals surface area contributed by atoms with Crippen LogP contribution < -0.4 is 5.32 Å². The van der Waals surface area contributed by atoms with Crippen molar-refractivity contribution >= 4 is 23.4 Å². The molecule has 0 atom stereocenters. The third-order valence-corrected chi connectivity index (χ3v) is 2.96. The van der Waals surface area contributed by atoms with Gasteiger partial charge >= 0.3 is 5.97 Å². The van der Waals surface area contributed by atoms with Gasteiger partial charge in [-0.2, -0.15) is 0 Å². The van der Waals surface area contributed by atoms with Crippen LogP contribution in [0.1, 0.15) is 35.7 Å². The number of nitrogens with zero attached hydrogens (tertiary/aromatic N) is 2. The summed E-state index contributed by atoms with van der Waals surface area (Å²) in [5.41, 5.74) is 0.953. The second-order valence-electron chi connectivity index (χ2n) is 4.96. The minimum Gasteiger partial charge on any atom is -0.477 e. The molecule has 1 aromatic heterocycles. The van der Waals surface area contributed by atoms with Crippen LogP contribution in [0.3, 0.4) is 0 Å². The zero-order chi connectivity index (χ0) is 15.4. The number of aromatic nitrogens is 2. The van der Waals surface area contributed by atoms with Crippen LogP contribution in [0, 0.1) is 0 Å². The van der Waals surface area contributed by atoms with Crippen LogP contribution in [0.4, 0.5) is 5.82 Å². The molecular formula is C15H16ClN3O2. The molecule has 0 aliphatic rings. The zero-order valence-corrected chi connectivity index (χ0v) is 12.6. The van der Waals surface area contributed by atoms with Crippen molar-refractivity contribution in [2.75, 3.05) is 5.32 Å². The van der Waals surface area contributed by atoms with Crippen LogP contribution >= 0.6 is 11.6 Å². The van der Waals surface area contributed by atoms with Crippen LogP contribution in [0.5, 0.6) is 0 Å². The molecule has 110 valence electrons. The van der Waals surface area contributed by atoms with Gasteiger partial charge in [-0.3, -0.25) is 0 Å². The molecule has 0 saturated carbocycles. The average molecular weight is 306 g/mol. The molecule has 5 nitrogen and oxygen atoms in total. The van der Waals surface area contributed by atoms with E-state index < -0.39 is 5.97 Å². The molecule has 1 heterocycles. The normalized spacial score (nSPS) is 10.7. The van der Waals surface area contributed by atoms with Gasteiger partial charge in [-0.25, -0.2) is 14.8 Å². The topological polar surface area (TPSA) is 75.1 Å². The molecule has 0 fully saturated rings. The summed E-state index contributed by atoms with van der Waals surface area (Å²) in [4.78, 5) is 19.6. The molecule has 0 amide bonds. The van der Waals surface area contributed by atoms with Crippen molar-refractivity contribution in [3.63, 3.8) is 0 Å². The fourth-order valence-corrected chi connectivity index (χ4v) is 1.97. The highest BCUT2D eigenvalue weighted by Crippen LogP contribution is 2.14. The maximum absolute atomic E-state index is 11.2. The third-order valence-electron chi connectivity index (χ3n) is 2.70. The molecule has 0 aliphatic heterocycles. The van der Waals surface area contributed by atoms with Gasteiger partial charge in [-0.1, -0.05) is 23.7 Å². The Morgan fingerprint density at radius 3 is 2.52 bits per heavy atom. The van der Waals surface area contributed by atoms with E-state index in [1.807, 2.05) is 26.0 Å². The average Bonchev–Trinajstić information content (AvgIpc) is 2.40. The van der Waals surface area contributed by atoms with Gasteiger partial charge in [-0.05, 0) is 31.5 Å². The molecule has 0 radical (unpaired) electrons. The standard InChI is InChI=1S/C15H16ClN3O2/c1-9(2)17-14-8-12(15(20)21)18-13(19-14)7-10-3-5-11(16)6-4-10/h3-6,8-9H,7H2,1-2H3,(H,20,21)(H,17,18,19). The van der Waals surface area contributed by atoms with Crippen molar-refractivity contribution in [2.24, 2.45) is 0 Å². The first-order chi connectivity index (χ1) is 9.94. The van der Waals surface area contributed by atoms with Gasteiger partial charge in [0.15, 0.2) is 5.69 Å². The lowest BCUT2D eigenvalue weighted by atomic mass is 10.1. The zero-order valence-electron chi connectivity index (χ0n) is 11.8. The number of carboxylic acids is 1. The summed E-state index contributed by atoms with van der Waals surface area (Å²) in [6, 6.07) is 8.90. The van der Waals surface area contributed by atoms with E-state index in [9.17, 15) is 4.79 Å². The molecule has 0 unspecified atom stereocenters. The second-order valence-corrected chi connectivity index (χ2v) is 5.40. The summed E-state index contributed by atoms with van der Waals surface area (Å²) >= 11 is 5.84. The number of halogens is 1. The summed E-state index contributed by atoms with van der Waals surface area (Å²) < 4.78 is 0. The number of nitrogens with one attached hydrogen (secondary N) is 1. The number of hydrogen-bond donors (Lipinski definition) is 2. The molecule has 0 aliphatic carbocycles. The minimum absolute atomic E-state index is 0.0166. The van der Waals surface area contributed by atoms with Crippen molar-refractivity contribution in [1.29, 1.82) is 0 Å². The summed E-state index contributed by atoms with van der Waals surface area (Å²) in [5, 5.41) is 12.9. The second kappa shape index (κ2) is 6.54. The third kappa shape index (κ3) is 4.43. The molecule has 0 saturated heterocycles. The largest absolute Gasteiger partial charge is 0.477 e. The van der Waals surface area contributed by atoms with Crippen LogP contribution in [-0.2, 0) is 6.42 Å². The number of rotatable bonds is 5. The SMILES string of the molecule is CC(C)Nc1cc(C(=O)O)nc(Cc2ccc(Cl)cc2)n1. The van der Waals surface area contributed by atoms with Crippen LogP contribution in [0.25, 0.3) is 0 Å². The summed E-state index contributed by atoms with van der Waals surface area (Å²) in [5.74, 6) is -0.0942. The van der Waals surface area contributed by atoms with Gasteiger partial charge < -0.3 is 10.4 Å². The maximum Gasteiger partial charge on any atom is 0.354 e. The quantitative estimate of drug-likeness (QED) is 0.887. The number of carboxylic acid groups (broad SMARTS) is 1. The fraction of sp³-hybridized carbons (Fsp3) is 0.267. The fourth-order valence-electron chi connectivity index (χ4n) is 1.84. The Labute approximate surface area is 128 Å². The number of carbonyl (C=O) groups is 1. The van der Waals surface area contributed by atoms with Crippen molar-refractivity contribution in [3.8, 4) is 0 Å². The number of benzene rings is 1. The van der Waals surface area contributed by atoms with Gasteiger partial charge in [0.1, 0.15) is 11.6 Å². The van der Waals surface area contributed by atoms with E-state index in [1.165, 1.54) is 6.07 Å². The maximum atomic E-state index is 11.2. The van der Waals surface area contributed by atoms with Gasteiger partial charge in [0, 0.05) is 23.6 Å². The van der Waals surface area contributed by atoms with Gasteiger partial charge in [0.05, 0.1) is 0 Å². The lowest BCUT2D eigenvalue weighted by Crippen LogP contribution is -2.14. The summed E-state index contributed by atoms with van der Waals surface area (Å²) in [6.45, 7) is 3.92. The van der Waals surface area contributed by atoms with E-state index in [2.05, 4.69) is 15.3 Å². The van der Waals surface area contributed by atoms with Crippen LogP contribution in [0.15, 0.2) is 30.3 Å². The van der Waals surface area contributed by atoms with E-state index in [0.29, 0.717) is 23.1 Å². The van der Waals surface area contributed by atoms with Gasteiger partial charge in [0.25, 0.3) is 0 Å².